The maximum Gasteiger partial charge on any atom is 0.394 e. The monoisotopic (exact) mass is 411 g/mol. The van der Waals surface area contributed by atoms with E-state index in [0.717, 1.165) is 27.1 Å². The van der Waals surface area contributed by atoms with Crippen LogP contribution in [0.4, 0.5) is 5.00 Å². The largest absolute Gasteiger partial charge is 0.422 e. The zero-order chi connectivity index (χ0) is 19.7. The van der Waals surface area contributed by atoms with E-state index in [1.165, 1.54) is 3.97 Å². The van der Waals surface area contributed by atoms with Crippen LogP contribution >= 0.6 is 11.3 Å². The van der Waals surface area contributed by atoms with Crippen molar-refractivity contribution in [1.82, 2.24) is 8.96 Å². The SMILES string of the molecule is COBNc1cc(-c2ccnc3c2ccn3S(=O)(=O)c2ccc(C)cc2)cs1. The standard InChI is InChI=1S/C19H18BN3O3S2/c1-13-3-5-15(6-4-13)28(24,25)23-10-8-17-16(7-9-21-19(17)23)14-11-18(27-12-14)22-20-26-2/h3-12,20,22H,1-2H3. The van der Waals surface area contributed by atoms with E-state index in [1.807, 2.05) is 24.4 Å². The van der Waals surface area contributed by atoms with Gasteiger partial charge in [0, 0.05) is 30.3 Å². The first-order valence-corrected chi connectivity index (χ1v) is 10.9. The Kier molecular flexibility index (Phi) is 4.97. The third-order valence-corrected chi connectivity index (χ3v) is 7.00. The molecule has 9 heteroatoms. The number of hydrogen-bond donors (Lipinski definition) is 1. The van der Waals surface area contributed by atoms with Crippen LogP contribution in [0.25, 0.3) is 22.2 Å². The zero-order valence-corrected chi connectivity index (χ0v) is 17.0. The number of thiophene rings is 1. The van der Waals surface area contributed by atoms with Crippen molar-refractivity contribution in [3.05, 3.63) is 65.8 Å². The number of benzene rings is 1. The van der Waals surface area contributed by atoms with Gasteiger partial charge in [-0.1, -0.05) is 17.7 Å². The first-order chi connectivity index (χ1) is 13.5. The summed E-state index contributed by atoms with van der Waals surface area (Å²) in [5, 5.41) is 6.96. The van der Waals surface area contributed by atoms with E-state index in [0.29, 0.717) is 13.3 Å². The summed E-state index contributed by atoms with van der Waals surface area (Å²) in [6, 6.07) is 12.5. The molecule has 0 aliphatic carbocycles. The fraction of sp³-hybridized carbons (Fsp3) is 0.105. The molecule has 0 amide bonds. The Balaban J connectivity index is 1.79. The lowest BCUT2D eigenvalue weighted by atomic mass is 10.1. The average Bonchev–Trinajstić information content (AvgIpc) is 3.34. The van der Waals surface area contributed by atoms with E-state index in [2.05, 4.69) is 10.2 Å². The lowest BCUT2D eigenvalue weighted by molar-refractivity contribution is 0.446. The van der Waals surface area contributed by atoms with Crippen molar-refractivity contribution < 1.29 is 13.1 Å². The Labute approximate surface area is 168 Å². The maximum atomic E-state index is 13.1. The van der Waals surface area contributed by atoms with Crippen LogP contribution in [0, 0.1) is 6.92 Å². The summed E-state index contributed by atoms with van der Waals surface area (Å²) < 4.78 is 32.5. The van der Waals surface area contributed by atoms with Crippen LogP contribution in [-0.4, -0.2) is 32.1 Å². The second-order valence-electron chi connectivity index (χ2n) is 6.33. The highest BCUT2D eigenvalue weighted by molar-refractivity contribution is 7.90. The number of anilines is 1. The molecule has 0 fully saturated rings. The molecule has 0 atom stereocenters. The number of aromatic nitrogens is 2. The molecule has 1 aromatic carbocycles. The number of nitrogens with zero attached hydrogens (tertiary/aromatic N) is 2. The van der Waals surface area contributed by atoms with Crippen molar-refractivity contribution in [1.29, 1.82) is 0 Å². The molecule has 4 rings (SSSR count). The minimum absolute atomic E-state index is 0.240. The van der Waals surface area contributed by atoms with Gasteiger partial charge in [0.2, 0.25) is 0 Å². The summed E-state index contributed by atoms with van der Waals surface area (Å²) >= 11 is 1.57. The van der Waals surface area contributed by atoms with Crippen LogP contribution in [0.15, 0.2) is 65.1 Å². The van der Waals surface area contributed by atoms with Crippen LogP contribution in [-0.2, 0) is 14.7 Å². The molecule has 28 heavy (non-hydrogen) atoms. The number of pyridine rings is 1. The van der Waals surface area contributed by atoms with Crippen molar-refractivity contribution in [3.8, 4) is 11.1 Å². The van der Waals surface area contributed by atoms with Gasteiger partial charge in [-0.25, -0.2) is 17.4 Å². The molecule has 6 nitrogen and oxygen atoms in total. The molecule has 4 aromatic rings. The number of nitrogens with one attached hydrogen (secondary N) is 1. The smallest absolute Gasteiger partial charge is 0.394 e. The van der Waals surface area contributed by atoms with E-state index in [-0.39, 0.29) is 4.90 Å². The second kappa shape index (κ2) is 7.42. The molecular formula is C19H18BN3O3S2. The highest BCUT2D eigenvalue weighted by Crippen LogP contribution is 2.34. The second-order valence-corrected chi connectivity index (χ2v) is 9.06. The Bertz CT molecular complexity index is 1230. The van der Waals surface area contributed by atoms with Crippen molar-refractivity contribution in [2.45, 2.75) is 11.8 Å². The summed E-state index contributed by atoms with van der Waals surface area (Å²) in [4.78, 5) is 4.58. The first kappa shape index (κ1) is 18.7. The molecule has 0 aliphatic rings. The van der Waals surface area contributed by atoms with Crippen LogP contribution in [0.5, 0.6) is 0 Å². The Morgan fingerprint density at radius 3 is 2.71 bits per heavy atom. The molecule has 0 spiro atoms. The Morgan fingerprint density at radius 2 is 1.96 bits per heavy atom. The normalized spacial score (nSPS) is 11.6. The molecule has 0 saturated heterocycles. The fourth-order valence-electron chi connectivity index (χ4n) is 3.00. The van der Waals surface area contributed by atoms with Gasteiger partial charge in [0.15, 0.2) is 5.65 Å². The van der Waals surface area contributed by atoms with E-state index >= 15 is 0 Å². The van der Waals surface area contributed by atoms with Crippen LogP contribution < -0.4 is 5.23 Å². The number of hydrogen-bond acceptors (Lipinski definition) is 6. The van der Waals surface area contributed by atoms with Gasteiger partial charge in [-0.15, -0.1) is 11.3 Å². The van der Waals surface area contributed by atoms with Crippen LogP contribution in [0.3, 0.4) is 0 Å². The Morgan fingerprint density at radius 1 is 1.18 bits per heavy atom. The maximum absolute atomic E-state index is 13.1. The summed E-state index contributed by atoms with van der Waals surface area (Å²) in [5.74, 6) is 0. The number of fused-ring (bicyclic) bond motifs is 1. The van der Waals surface area contributed by atoms with Crippen LogP contribution in [0.1, 0.15) is 5.56 Å². The van der Waals surface area contributed by atoms with E-state index < -0.39 is 10.0 Å². The summed E-state index contributed by atoms with van der Waals surface area (Å²) in [6.45, 7) is 1.92. The minimum atomic E-state index is -3.72. The summed E-state index contributed by atoms with van der Waals surface area (Å²) in [5.41, 5.74) is 3.36. The highest BCUT2D eigenvalue weighted by Gasteiger charge is 2.21. The number of aryl methyl sites for hydroxylation is 1. The highest BCUT2D eigenvalue weighted by atomic mass is 32.2. The summed E-state index contributed by atoms with van der Waals surface area (Å²) in [6.07, 6.45) is 3.20. The molecular weight excluding hydrogens is 393 g/mol. The van der Waals surface area contributed by atoms with E-state index in [9.17, 15) is 8.42 Å². The third-order valence-electron chi connectivity index (χ3n) is 4.43. The number of rotatable bonds is 6. The van der Waals surface area contributed by atoms with Crippen molar-refractivity contribution in [2.75, 3.05) is 12.3 Å². The minimum Gasteiger partial charge on any atom is -0.422 e. The van der Waals surface area contributed by atoms with E-state index in [1.54, 1.807) is 61.2 Å². The quantitative estimate of drug-likeness (QED) is 0.491. The van der Waals surface area contributed by atoms with Crippen LogP contribution in [0.2, 0.25) is 0 Å². The van der Waals surface area contributed by atoms with Crippen molar-refractivity contribution in [2.24, 2.45) is 0 Å². The molecule has 3 heterocycles. The molecule has 0 radical (unpaired) electrons. The van der Waals surface area contributed by atoms with E-state index in [4.69, 9.17) is 4.65 Å². The fourth-order valence-corrected chi connectivity index (χ4v) is 5.09. The van der Waals surface area contributed by atoms with Gasteiger partial charge in [-0.2, -0.15) is 0 Å². The molecule has 0 saturated carbocycles. The molecule has 3 aromatic heterocycles. The van der Waals surface area contributed by atoms with Gasteiger partial charge < -0.3 is 9.88 Å². The molecule has 0 aliphatic heterocycles. The Hall–Kier alpha value is -2.62. The van der Waals surface area contributed by atoms with Crippen molar-refractivity contribution >= 4 is 45.0 Å². The average molecular weight is 411 g/mol. The topological polar surface area (TPSA) is 73.2 Å². The lowest BCUT2D eigenvalue weighted by Crippen LogP contribution is -2.12. The zero-order valence-electron chi connectivity index (χ0n) is 15.4. The molecule has 0 unspecified atom stereocenters. The van der Waals surface area contributed by atoms with Gasteiger partial charge in [-0.3, -0.25) is 0 Å². The van der Waals surface area contributed by atoms with Gasteiger partial charge in [0.1, 0.15) is 0 Å². The van der Waals surface area contributed by atoms with Gasteiger partial charge >= 0.3 is 7.62 Å². The van der Waals surface area contributed by atoms with Crippen molar-refractivity contribution in [3.63, 3.8) is 0 Å². The summed E-state index contributed by atoms with van der Waals surface area (Å²) in [7, 11) is -1.66. The first-order valence-electron chi connectivity index (χ1n) is 8.61. The molecule has 1 N–H and O–H groups in total. The molecule has 0 bridgehead atoms. The predicted octanol–water partition coefficient (Wildman–Crippen LogP) is 3.64. The lowest BCUT2D eigenvalue weighted by Gasteiger charge is -2.08. The predicted molar refractivity (Wildman–Crippen MR) is 115 cm³/mol. The van der Waals surface area contributed by atoms with Gasteiger partial charge in [0.05, 0.1) is 9.90 Å². The van der Waals surface area contributed by atoms with Gasteiger partial charge in [0.25, 0.3) is 10.0 Å². The third kappa shape index (κ3) is 3.32. The van der Waals surface area contributed by atoms with Gasteiger partial charge in [-0.05, 0) is 48.4 Å². The molecule has 142 valence electrons.